The summed E-state index contributed by atoms with van der Waals surface area (Å²) in [6.45, 7) is 3.83. The predicted octanol–water partition coefficient (Wildman–Crippen LogP) is -0.715. The van der Waals surface area contributed by atoms with E-state index in [1.54, 1.807) is 0 Å². The maximum atomic E-state index is 9.11. The van der Waals surface area contributed by atoms with Crippen LogP contribution in [0.2, 0.25) is 0 Å². The van der Waals surface area contributed by atoms with Crippen LogP contribution >= 0.6 is 0 Å². The molecular formula is C4H11NO4S2. The Bertz CT molecular complexity index is 155. The molecule has 0 saturated carbocycles. The lowest BCUT2D eigenvalue weighted by Gasteiger charge is -2.10. The first kappa shape index (κ1) is 11.2. The summed E-state index contributed by atoms with van der Waals surface area (Å²) in [5, 5.41) is 3.16. The van der Waals surface area contributed by atoms with E-state index in [1.165, 1.54) is 0 Å². The molecule has 0 aromatic rings. The topological polar surface area (TPSA) is 78.8 Å². The van der Waals surface area contributed by atoms with E-state index in [0.29, 0.717) is 0 Å². The minimum atomic E-state index is -3.83. The van der Waals surface area contributed by atoms with E-state index in [9.17, 15) is 0 Å². The van der Waals surface area contributed by atoms with E-state index < -0.39 is 9.05 Å². The summed E-state index contributed by atoms with van der Waals surface area (Å²) in [6, 6.07) is 0. The lowest BCUT2D eigenvalue weighted by Crippen LogP contribution is -2.30. The van der Waals surface area contributed by atoms with Gasteiger partial charge in [0.05, 0.1) is 13.2 Å². The number of hydrogen-bond donors (Lipinski definition) is 3. The molecule has 0 radical (unpaired) electrons. The Morgan fingerprint density at radius 3 is 1.82 bits per heavy atom. The number of nitrogens with one attached hydrogen (secondary N) is 1. The molecule has 3 N–H and O–H groups in total. The van der Waals surface area contributed by atoms with Crippen LogP contribution in [-0.2, 0) is 25.0 Å². The third-order valence-corrected chi connectivity index (χ3v) is 0.846. The normalized spacial score (nSPS) is 18.4. The first-order valence-electron chi connectivity index (χ1n) is 2.98. The number of rotatable bonds is 0. The number of morpholine rings is 1. The van der Waals surface area contributed by atoms with Crippen molar-refractivity contribution in [2.45, 2.75) is 0 Å². The first-order chi connectivity index (χ1) is 5.00. The molecule has 1 rings (SSSR count). The van der Waals surface area contributed by atoms with Gasteiger partial charge in [0.15, 0.2) is 0 Å². The smallest absolute Gasteiger partial charge is 0.263 e. The molecule has 1 aliphatic rings. The number of hydrogen-bond acceptors (Lipinski definition) is 4. The van der Waals surface area contributed by atoms with Crippen LogP contribution in [0, 0.1) is 0 Å². The maximum Gasteiger partial charge on any atom is 0.263 e. The molecule has 0 spiro atoms. The molecule has 0 aromatic carbocycles. The molecule has 1 fully saturated rings. The zero-order valence-corrected chi connectivity index (χ0v) is 7.49. The molecule has 5 nitrogen and oxygen atoms in total. The molecule has 0 atom stereocenters. The summed E-state index contributed by atoms with van der Waals surface area (Å²) in [4.78, 5) is 0. The van der Waals surface area contributed by atoms with Crippen molar-refractivity contribution in [3.8, 4) is 0 Å². The summed E-state index contributed by atoms with van der Waals surface area (Å²) < 4.78 is 29.0. The van der Waals surface area contributed by atoms with Gasteiger partial charge in [0.2, 0.25) is 0 Å². The Kier molecular flexibility index (Phi) is 5.92. The standard InChI is InChI=1S/C4H9NO.H2O3S2/c1-3-6-4-2-5-1;1-5(2,3)4/h5H,1-4H2;(H2,1,2,3,4). The third-order valence-electron chi connectivity index (χ3n) is 0.846. The molecule has 1 heterocycles. The van der Waals surface area contributed by atoms with Crippen LogP contribution in [0.3, 0.4) is 0 Å². The minimum absolute atomic E-state index is 0.889. The van der Waals surface area contributed by atoms with Crippen molar-refractivity contribution in [3.63, 3.8) is 0 Å². The highest BCUT2D eigenvalue weighted by atomic mass is 32.9. The fourth-order valence-electron chi connectivity index (χ4n) is 0.516. The number of ether oxygens (including phenoxy) is 1. The highest BCUT2D eigenvalue weighted by molar-refractivity contribution is 8.26. The molecule has 0 aromatic heterocycles. The van der Waals surface area contributed by atoms with Gasteiger partial charge >= 0.3 is 0 Å². The fraction of sp³-hybridized carbons (Fsp3) is 1.00. The summed E-state index contributed by atoms with van der Waals surface area (Å²) in [6.07, 6.45) is 0. The molecular weight excluding hydrogens is 190 g/mol. The Morgan fingerprint density at radius 1 is 1.36 bits per heavy atom. The zero-order chi connectivity index (χ0) is 8.74. The quantitative estimate of drug-likeness (QED) is 0.480. The molecule has 0 unspecified atom stereocenters. The van der Waals surface area contributed by atoms with Crippen LogP contribution in [0.4, 0.5) is 0 Å². The highest BCUT2D eigenvalue weighted by Crippen LogP contribution is 1.76. The third kappa shape index (κ3) is 17.8. The van der Waals surface area contributed by atoms with Gasteiger partial charge in [-0.15, -0.1) is 0 Å². The first-order valence-corrected chi connectivity index (χ1v) is 5.38. The van der Waals surface area contributed by atoms with Crippen LogP contribution in [0.15, 0.2) is 0 Å². The van der Waals surface area contributed by atoms with Crippen molar-refractivity contribution in [2.24, 2.45) is 0 Å². The molecule has 68 valence electrons. The van der Waals surface area contributed by atoms with Gasteiger partial charge in [0.1, 0.15) is 0 Å². The second-order valence-electron chi connectivity index (χ2n) is 1.81. The monoisotopic (exact) mass is 201 g/mol. The van der Waals surface area contributed by atoms with E-state index in [2.05, 4.69) is 16.5 Å². The van der Waals surface area contributed by atoms with Gasteiger partial charge in [0.25, 0.3) is 9.05 Å². The van der Waals surface area contributed by atoms with Crippen molar-refractivity contribution in [2.75, 3.05) is 26.3 Å². The average molecular weight is 201 g/mol. The van der Waals surface area contributed by atoms with Crippen molar-refractivity contribution >= 4 is 20.2 Å². The Balaban J connectivity index is 0.000000187. The van der Waals surface area contributed by atoms with Gasteiger partial charge in [-0.1, -0.05) is 0 Å². The molecule has 0 bridgehead atoms. The van der Waals surface area contributed by atoms with E-state index in [4.69, 9.17) is 18.1 Å². The van der Waals surface area contributed by atoms with Gasteiger partial charge in [0, 0.05) is 24.3 Å². The van der Waals surface area contributed by atoms with Crippen LogP contribution in [-0.4, -0.2) is 39.6 Å². The highest BCUT2D eigenvalue weighted by Gasteiger charge is 1.92. The second kappa shape index (κ2) is 5.81. The summed E-state index contributed by atoms with van der Waals surface area (Å²) in [7, 11) is -3.83. The van der Waals surface area contributed by atoms with Crippen molar-refractivity contribution in [1.82, 2.24) is 5.32 Å². The van der Waals surface area contributed by atoms with Gasteiger partial charge in [-0.2, -0.15) is 4.21 Å². The van der Waals surface area contributed by atoms with Crippen molar-refractivity contribution in [3.05, 3.63) is 0 Å². The lowest BCUT2D eigenvalue weighted by atomic mass is 10.5. The molecule has 11 heavy (non-hydrogen) atoms. The van der Waals surface area contributed by atoms with Crippen molar-refractivity contribution in [1.29, 1.82) is 0 Å². The van der Waals surface area contributed by atoms with E-state index >= 15 is 0 Å². The molecule has 1 aliphatic heterocycles. The molecule has 1 saturated heterocycles. The Hall–Kier alpha value is 0.210. The summed E-state index contributed by atoms with van der Waals surface area (Å²) >= 11 is 3.47. The zero-order valence-electron chi connectivity index (χ0n) is 5.86. The minimum Gasteiger partial charge on any atom is -0.379 e. The van der Waals surface area contributed by atoms with Gasteiger partial charge in [-0.3, -0.25) is 9.11 Å². The Labute approximate surface area is 70.5 Å². The van der Waals surface area contributed by atoms with Crippen LogP contribution in [0.25, 0.3) is 0 Å². The van der Waals surface area contributed by atoms with Gasteiger partial charge < -0.3 is 10.1 Å². The SMILES string of the molecule is C1COCCN1.O=S(O)(O)=S. The molecule has 0 amide bonds. The maximum absolute atomic E-state index is 9.11. The summed E-state index contributed by atoms with van der Waals surface area (Å²) in [5.74, 6) is 0. The summed E-state index contributed by atoms with van der Waals surface area (Å²) in [5.41, 5.74) is 0. The van der Waals surface area contributed by atoms with E-state index in [0.717, 1.165) is 26.3 Å². The van der Waals surface area contributed by atoms with E-state index in [1.807, 2.05) is 0 Å². The van der Waals surface area contributed by atoms with Gasteiger partial charge in [-0.05, 0) is 0 Å². The van der Waals surface area contributed by atoms with Crippen molar-refractivity contribution < 1.29 is 18.1 Å². The Morgan fingerprint density at radius 2 is 1.73 bits per heavy atom. The van der Waals surface area contributed by atoms with Crippen LogP contribution < -0.4 is 5.32 Å². The largest absolute Gasteiger partial charge is 0.379 e. The fourth-order valence-corrected chi connectivity index (χ4v) is 0.516. The molecule has 0 aliphatic carbocycles. The molecule has 7 heteroatoms. The van der Waals surface area contributed by atoms with Gasteiger partial charge in [-0.25, -0.2) is 0 Å². The van der Waals surface area contributed by atoms with Crippen LogP contribution in [0.1, 0.15) is 0 Å². The average Bonchev–Trinajstić information content (AvgIpc) is 1.88. The van der Waals surface area contributed by atoms with E-state index in [-0.39, 0.29) is 0 Å². The van der Waals surface area contributed by atoms with Crippen LogP contribution in [0.5, 0.6) is 0 Å². The lowest BCUT2D eigenvalue weighted by molar-refractivity contribution is 0.109. The second-order valence-corrected chi connectivity index (χ2v) is 4.01. The predicted molar refractivity (Wildman–Crippen MR) is 44.5 cm³/mol.